The first-order chi connectivity index (χ1) is 9.63. The number of aliphatic hydroxyl groups is 1. The van der Waals surface area contributed by atoms with Crippen LogP contribution < -0.4 is 4.74 Å². The molecule has 2 rings (SSSR count). The highest BCUT2D eigenvalue weighted by atomic mass is 79.9. The number of aliphatic hydroxyl groups excluding tert-OH is 1. The van der Waals surface area contributed by atoms with Gasteiger partial charge in [-0.1, -0.05) is 53.2 Å². The van der Waals surface area contributed by atoms with Gasteiger partial charge in [-0.15, -0.1) is 0 Å². The Labute approximate surface area is 128 Å². The summed E-state index contributed by atoms with van der Waals surface area (Å²) in [5.74, 6) is 0.749. The molecule has 2 nitrogen and oxygen atoms in total. The molecule has 0 aromatic heterocycles. The van der Waals surface area contributed by atoms with Crippen molar-refractivity contribution in [1.29, 1.82) is 0 Å². The monoisotopic (exact) mass is 334 g/mol. The summed E-state index contributed by atoms with van der Waals surface area (Å²) >= 11 is 3.51. The van der Waals surface area contributed by atoms with Crippen molar-refractivity contribution >= 4 is 15.9 Å². The van der Waals surface area contributed by atoms with E-state index in [9.17, 15) is 5.11 Å². The average Bonchev–Trinajstić information content (AvgIpc) is 2.47. The fourth-order valence-electron chi connectivity index (χ4n) is 2.01. The van der Waals surface area contributed by atoms with Crippen molar-refractivity contribution in [2.45, 2.75) is 26.4 Å². The van der Waals surface area contributed by atoms with E-state index in [0.29, 0.717) is 6.61 Å². The lowest BCUT2D eigenvalue weighted by atomic mass is 10.00. The van der Waals surface area contributed by atoms with Crippen molar-refractivity contribution in [1.82, 2.24) is 0 Å². The molecule has 0 saturated carbocycles. The Balaban J connectivity index is 2.32. The third-order valence-electron chi connectivity index (χ3n) is 3.19. The fraction of sp³-hybridized carbons (Fsp3) is 0.294. The molecule has 1 atom stereocenters. The van der Waals surface area contributed by atoms with Crippen molar-refractivity contribution in [3.8, 4) is 5.75 Å². The quantitative estimate of drug-likeness (QED) is 0.863. The lowest BCUT2D eigenvalue weighted by Gasteiger charge is -2.17. The molecule has 2 aromatic rings. The topological polar surface area (TPSA) is 29.5 Å². The van der Waals surface area contributed by atoms with Gasteiger partial charge < -0.3 is 9.84 Å². The van der Waals surface area contributed by atoms with E-state index in [1.807, 2.05) is 49.4 Å². The minimum Gasteiger partial charge on any atom is -0.493 e. The first-order valence-corrected chi connectivity index (χ1v) is 7.58. The van der Waals surface area contributed by atoms with Crippen LogP contribution in [-0.2, 0) is 0 Å². The third-order valence-corrected chi connectivity index (χ3v) is 4.04. The van der Waals surface area contributed by atoms with E-state index < -0.39 is 6.10 Å². The molecular formula is C17H19BrO2. The highest BCUT2D eigenvalue weighted by Gasteiger charge is 2.15. The van der Waals surface area contributed by atoms with Gasteiger partial charge in [0.25, 0.3) is 0 Å². The molecule has 0 bridgehead atoms. The summed E-state index contributed by atoms with van der Waals surface area (Å²) in [4.78, 5) is 0. The zero-order valence-electron chi connectivity index (χ0n) is 11.8. The van der Waals surface area contributed by atoms with Gasteiger partial charge in [0, 0.05) is 10.0 Å². The summed E-state index contributed by atoms with van der Waals surface area (Å²) < 4.78 is 6.71. The average molecular weight is 335 g/mol. The summed E-state index contributed by atoms with van der Waals surface area (Å²) in [6.45, 7) is 4.75. The lowest BCUT2D eigenvalue weighted by Crippen LogP contribution is -2.05. The third kappa shape index (κ3) is 3.41. The van der Waals surface area contributed by atoms with Crippen molar-refractivity contribution < 1.29 is 9.84 Å². The van der Waals surface area contributed by atoms with Gasteiger partial charge in [-0.3, -0.25) is 0 Å². The van der Waals surface area contributed by atoms with E-state index in [0.717, 1.165) is 33.3 Å². The van der Waals surface area contributed by atoms with Crippen LogP contribution in [0, 0.1) is 6.92 Å². The Morgan fingerprint density at radius 1 is 1.20 bits per heavy atom. The van der Waals surface area contributed by atoms with Crippen LogP contribution in [0.5, 0.6) is 5.75 Å². The summed E-state index contributed by atoms with van der Waals surface area (Å²) in [6, 6.07) is 13.5. The summed E-state index contributed by atoms with van der Waals surface area (Å²) in [6.07, 6.45) is 0.264. The van der Waals surface area contributed by atoms with Gasteiger partial charge in [0.1, 0.15) is 11.9 Å². The van der Waals surface area contributed by atoms with Crippen LogP contribution in [0.15, 0.2) is 46.9 Å². The van der Waals surface area contributed by atoms with Crippen molar-refractivity contribution in [3.05, 3.63) is 63.6 Å². The summed E-state index contributed by atoms with van der Waals surface area (Å²) in [7, 11) is 0. The lowest BCUT2D eigenvalue weighted by molar-refractivity contribution is 0.210. The van der Waals surface area contributed by atoms with Crippen molar-refractivity contribution in [2.24, 2.45) is 0 Å². The molecule has 20 heavy (non-hydrogen) atoms. The van der Waals surface area contributed by atoms with E-state index >= 15 is 0 Å². The number of ether oxygens (including phenoxy) is 1. The number of para-hydroxylation sites is 1. The fourth-order valence-corrected chi connectivity index (χ4v) is 2.41. The zero-order valence-corrected chi connectivity index (χ0v) is 13.4. The largest absolute Gasteiger partial charge is 0.493 e. The number of aryl methyl sites for hydroxylation is 1. The second kappa shape index (κ2) is 6.91. The number of hydrogen-bond donors (Lipinski definition) is 1. The molecule has 0 saturated heterocycles. The molecule has 1 unspecified atom stereocenters. The van der Waals surface area contributed by atoms with E-state index in [1.54, 1.807) is 0 Å². The number of rotatable bonds is 5. The van der Waals surface area contributed by atoms with Crippen molar-refractivity contribution in [2.75, 3.05) is 6.61 Å². The second-order valence-electron chi connectivity index (χ2n) is 4.80. The molecule has 0 amide bonds. The SMILES string of the molecule is CCCOc1ccccc1C(O)c1ccc(C)c(Br)c1. The summed E-state index contributed by atoms with van der Waals surface area (Å²) in [5, 5.41) is 10.6. The van der Waals surface area contributed by atoms with E-state index in [-0.39, 0.29) is 0 Å². The van der Waals surface area contributed by atoms with Crippen LogP contribution in [0.25, 0.3) is 0 Å². The van der Waals surface area contributed by atoms with Crippen LogP contribution >= 0.6 is 15.9 Å². The molecule has 0 heterocycles. The molecule has 3 heteroatoms. The minimum atomic E-state index is -0.681. The maximum atomic E-state index is 10.6. The number of benzene rings is 2. The molecule has 106 valence electrons. The zero-order chi connectivity index (χ0) is 14.5. The first-order valence-electron chi connectivity index (χ1n) is 6.79. The summed E-state index contributed by atoms with van der Waals surface area (Å²) in [5.41, 5.74) is 2.81. The molecule has 0 radical (unpaired) electrons. The highest BCUT2D eigenvalue weighted by Crippen LogP contribution is 2.31. The Bertz CT molecular complexity index is 581. The molecular weight excluding hydrogens is 316 g/mol. The molecule has 0 aliphatic rings. The maximum Gasteiger partial charge on any atom is 0.125 e. The number of halogens is 1. The maximum absolute atomic E-state index is 10.6. The highest BCUT2D eigenvalue weighted by molar-refractivity contribution is 9.10. The van der Waals surface area contributed by atoms with Crippen LogP contribution in [0.1, 0.15) is 36.1 Å². The predicted molar refractivity (Wildman–Crippen MR) is 85.2 cm³/mol. The van der Waals surface area contributed by atoms with Gasteiger partial charge in [0.05, 0.1) is 6.61 Å². The van der Waals surface area contributed by atoms with Crippen LogP contribution in [0.3, 0.4) is 0 Å². The van der Waals surface area contributed by atoms with Gasteiger partial charge >= 0.3 is 0 Å². The molecule has 2 aromatic carbocycles. The van der Waals surface area contributed by atoms with Gasteiger partial charge in [0.15, 0.2) is 0 Å². The molecule has 0 aliphatic heterocycles. The molecule has 0 spiro atoms. The standard InChI is InChI=1S/C17H19BrO2/c1-3-10-20-16-7-5-4-6-14(16)17(19)13-9-8-12(2)15(18)11-13/h4-9,11,17,19H,3,10H2,1-2H3. The number of hydrogen-bond acceptors (Lipinski definition) is 2. The Hall–Kier alpha value is -1.32. The molecule has 0 aliphatic carbocycles. The minimum absolute atomic E-state index is 0.654. The first kappa shape index (κ1) is 15.1. The van der Waals surface area contributed by atoms with Crippen LogP contribution in [0.4, 0.5) is 0 Å². The Kier molecular flexibility index (Phi) is 5.21. The van der Waals surface area contributed by atoms with Gasteiger partial charge in [-0.25, -0.2) is 0 Å². The van der Waals surface area contributed by atoms with Crippen LogP contribution in [-0.4, -0.2) is 11.7 Å². The van der Waals surface area contributed by atoms with E-state index in [4.69, 9.17) is 4.74 Å². The predicted octanol–water partition coefficient (Wildman–Crippen LogP) is 4.63. The van der Waals surface area contributed by atoms with Crippen LogP contribution in [0.2, 0.25) is 0 Å². The molecule has 1 N–H and O–H groups in total. The van der Waals surface area contributed by atoms with E-state index in [2.05, 4.69) is 22.9 Å². The van der Waals surface area contributed by atoms with Gasteiger partial charge in [0.2, 0.25) is 0 Å². The van der Waals surface area contributed by atoms with Gasteiger partial charge in [-0.05, 0) is 36.6 Å². The van der Waals surface area contributed by atoms with E-state index in [1.165, 1.54) is 0 Å². The second-order valence-corrected chi connectivity index (χ2v) is 5.65. The smallest absolute Gasteiger partial charge is 0.125 e. The Morgan fingerprint density at radius 3 is 2.65 bits per heavy atom. The normalized spacial score (nSPS) is 12.2. The van der Waals surface area contributed by atoms with Crippen molar-refractivity contribution in [3.63, 3.8) is 0 Å². The van der Waals surface area contributed by atoms with Gasteiger partial charge in [-0.2, -0.15) is 0 Å². The molecule has 0 fully saturated rings. The Morgan fingerprint density at radius 2 is 1.95 bits per heavy atom.